The highest BCUT2D eigenvalue weighted by Gasteiger charge is 1.96. The van der Waals surface area contributed by atoms with Crippen LogP contribution in [0.3, 0.4) is 0 Å². The number of rotatable bonds is 2. The minimum absolute atomic E-state index is 0.461. The maximum absolute atomic E-state index is 8.55. The Morgan fingerprint density at radius 1 is 1.82 bits per heavy atom. The van der Waals surface area contributed by atoms with Crippen LogP contribution >= 0.6 is 0 Å². The predicted molar refractivity (Wildman–Crippen MR) is 41.8 cm³/mol. The summed E-state index contributed by atoms with van der Waals surface area (Å²) in [5, 5.41) is 8.55. The number of nitrogens with zero attached hydrogens (tertiary/aromatic N) is 3. The molecule has 56 valence electrons. The Labute approximate surface area is 65.6 Å². The molecule has 0 radical (unpaired) electrons. The fraction of sp³-hybridized carbons (Fsp3) is 0.250. The predicted octanol–water partition coefficient (Wildman–Crippen LogP) is 1.33. The second kappa shape index (κ2) is 3.57. The van der Waals surface area contributed by atoms with E-state index >= 15 is 0 Å². The number of aromatic nitrogens is 2. The van der Waals surface area contributed by atoms with Gasteiger partial charge in [-0.25, -0.2) is 4.98 Å². The molecule has 0 aliphatic rings. The Hall–Kier alpha value is -1.56. The molecule has 0 aliphatic heterocycles. The van der Waals surface area contributed by atoms with E-state index < -0.39 is 0 Å². The first-order valence-corrected chi connectivity index (χ1v) is 3.41. The maximum atomic E-state index is 8.55. The summed E-state index contributed by atoms with van der Waals surface area (Å²) >= 11 is 0. The molecule has 1 aromatic rings. The molecule has 0 aliphatic carbocycles. The van der Waals surface area contributed by atoms with Crippen molar-refractivity contribution in [1.29, 1.82) is 5.26 Å². The van der Waals surface area contributed by atoms with E-state index in [2.05, 4.69) is 4.98 Å². The van der Waals surface area contributed by atoms with E-state index in [0.717, 1.165) is 6.54 Å². The van der Waals surface area contributed by atoms with Crippen LogP contribution in [-0.2, 0) is 6.54 Å². The summed E-state index contributed by atoms with van der Waals surface area (Å²) < 4.78 is 1.79. The molecule has 1 heterocycles. The molecule has 0 fully saturated rings. The van der Waals surface area contributed by atoms with Gasteiger partial charge >= 0.3 is 0 Å². The van der Waals surface area contributed by atoms with Crippen LogP contribution in [0.5, 0.6) is 0 Å². The molecule has 11 heavy (non-hydrogen) atoms. The number of hydrogen-bond acceptors (Lipinski definition) is 2. The second-order valence-electron chi connectivity index (χ2n) is 2.08. The van der Waals surface area contributed by atoms with E-state index in [1.807, 2.05) is 25.1 Å². The normalized spacial score (nSPS) is 10.2. The largest absolute Gasteiger partial charge is 0.319 e. The molecule has 0 amide bonds. The highest BCUT2D eigenvalue weighted by Crippen LogP contribution is 1.94. The average molecular weight is 147 g/mol. The van der Waals surface area contributed by atoms with Crippen molar-refractivity contribution in [1.82, 2.24) is 9.55 Å². The zero-order chi connectivity index (χ0) is 8.10. The van der Waals surface area contributed by atoms with Gasteiger partial charge in [-0.15, -0.1) is 0 Å². The van der Waals surface area contributed by atoms with Crippen LogP contribution in [-0.4, -0.2) is 9.55 Å². The lowest BCUT2D eigenvalue weighted by molar-refractivity contribution is 0.802. The van der Waals surface area contributed by atoms with E-state index in [9.17, 15) is 0 Å². The third kappa shape index (κ3) is 1.68. The molecule has 1 aromatic heterocycles. The number of allylic oxidation sites excluding steroid dienone is 2. The average Bonchev–Trinajstić information content (AvgIpc) is 2.47. The lowest BCUT2D eigenvalue weighted by atomic mass is 10.5. The van der Waals surface area contributed by atoms with Gasteiger partial charge in [0.1, 0.15) is 6.07 Å². The van der Waals surface area contributed by atoms with Crippen LogP contribution in [0, 0.1) is 11.3 Å². The van der Waals surface area contributed by atoms with Gasteiger partial charge in [0.2, 0.25) is 5.82 Å². The van der Waals surface area contributed by atoms with E-state index in [4.69, 9.17) is 5.26 Å². The maximum Gasteiger partial charge on any atom is 0.212 e. The fourth-order valence-electron chi connectivity index (χ4n) is 0.789. The van der Waals surface area contributed by atoms with Gasteiger partial charge in [0, 0.05) is 18.9 Å². The zero-order valence-electron chi connectivity index (χ0n) is 6.36. The summed E-state index contributed by atoms with van der Waals surface area (Å²) in [7, 11) is 0. The van der Waals surface area contributed by atoms with Gasteiger partial charge in [0.15, 0.2) is 0 Å². The van der Waals surface area contributed by atoms with Crippen molar-refractivity contribution in [2.24, 2.45) is 0 Å². The molecule has 0 spiro atoms. The van der Waals surface area contributed by atoms with Gasteiger partial charge in [-0.2, -0.15) is 5.26 Å². The van der Waals surface area contributed by atoms with Crippen LogP contribution in [0.1, 0.15) is 12.7 Å². The second-order valence-corrected chi connectivity index (χ2v) is 2.08. The highest BCUT2D eigenvalue weighted by atomic mass is 15.0. The number of imidazole rings is 1. The van der Waals surface area contributed by atoms with Crippen molar-refractivity contribution in [3.63, 3.8) is 0 Å². The first-order valence-electron chi connectivity index (χ1n) is 3.41. The molecule has 3 nitrogen and oxygen atoms in total. The summed E-state index contributed by atoms with van der Waals surface area (Å²) in [4.78, 5) is 3.86. The van der Waals surface area contributed by atoms with Crippen molar-refractivity contribution in [2.45, 2.75) is 13.5 Å². The molecular weight excluding hydrogens is 138 g/mol. The molecule has 0 bridgehead atoms. The topological polar surface area (TPSA) is 41.6 Å². The van der Waals surface area contributed by atoms with Gasteiger partial charge in [0.05, 0.1) is 0 Å². The van der Waals surface area contributed by atoms with Gasteiger partial charge in [0.25, 0.3) is 0 Å². The summed E-state index contributed by atoms with van der Waals surface area (Å²) in [5.74, 6) is 0.461. The van der Waals surface area contributed by atoms with Gasteiger partial charge < -0.3 is 4.57 Å². The van der Waals surface area contributed by atoms with E-state index in [1.54, 1.807) is 17.0 Å². The molecule has 0 atom stereocenters. The summed E-state index contributed by atoms with van der Waals surface area (Å²) in [6.45, 7) is 2.67. The minimum atomic E-state index is 0.461. The fourth-order valence-corrected chi connectivity index (χ4v) is 0.789. The van der Waals surface area contributed by atoms with Crippen LogP contribution in [0.2, 0.25) is 0 Å². The Balaban J connectivity index is 2.78. The van der Waals surface area contributed by atoms with Crippen molar-refractivity contribution in [3.05, 3.63) is 30.4 Å². The molecule has 0 aromatic carbocycles. The Morgan fingerprint density at radius 2 is 2.64 bits per heavy atom. The van der Waals surface area contributed by atoms with Crippen LogP contribution in [0.25, 0.3) is 0 Å². The van der Waals surface area contributed by atoms with Crippen molar-refractivity contribution in [3.8, 4) is 6.07 Å². The van der Waals surface area contributed by atoms with Crippen LogP contribution in [0.4, 0.5) is 0 Å². The lowest BCUT2D eigenvalue weighted by Gasteiger charge is -1.95. The summed E-state index contributed by atoms with van der Waals surface area (Å²) in [6, 6.07) is 2.00. The minimum Gasteiger partial charge on any atom is -0.319 e. The van der Waals surface area contributed by atoms with E-state index in [0.29, 0.717) is 5.82 Å². The first kappa shape index (κ1) is 7.55. The Kier molecular flexibility index (Phi) is 2.45. The standard InChI is InChI=1S/C8H9N3/c1-2-3-5-11-6-4-10-8(11)7-9/h2-4,6H,5H2,1H3. The van der Waals surface area contributed by atoms with Gasteiger partial charge in [-0.1, -0.05) is 12.2 Å². The molecule has 0 saturated carbocycles. The van der Waals surface area contributed by atoms with Gasteiger partial charge in [-0.3, -0.25) is 0 Å². The number of hydrogen-bond donors (Lipinski definition) is 0. The van der Waals surface area contributed by atoms with Crippen LogP contribution in [0.15, 0.2) is 24.5 Å². The van der Waals surface area contributed by atoms with E-state index in [-0.39, 0.29) is 0 Å². The third-order valence-electron chi connectivity index (χ3n) is 1.35. The summed E-state index contributed by atoms with van der Waals surface area (Å²) in [5.41, 5.74) is 0. The van der Waals surface area contributed by atoms with Crippen molar-refractivity contribution >= 4 is 0 Å². The third-order valence-corrected chi connectivity index (χ3v) is 1.35. The molecule has 3 heteroatoms. The lowest BCUT2D eigenvalue weighted by Crippen LogP contribution is -1.96. The smallest absolute Gasteiger partial charge is 0.212 e. The Bertz CT molecular complexity index is 291. The number of nitriles is 1. The van der Waals surface area contributed by atoms with Crippen molar-refractivity contribution < 1.29 is 0 Å². The molecule has 0 N–H and O–H groups in total. The Morgan fingerprint density at radius 3 is 3.27 bits per heavy atom. The highest BCUT2D eigenvalue weighted by molar-refractivity contribution is 5.11. The molecule has 0 saturated heterocycles. The van der Waals surface area contributed by atoms with E-state index in [1.165, 1.54) is 0 Å². The monoisotopic (exact) mass is 147 g/mol. The molecule has 0 unspecified atom stereocenters. The summed E-state index contributed by atoms with van der Waals surface area (Å²) in [6.07, 6.45) is 7.34. The van der Waals surface area contributed by atoms with Crippen molar-refractivity contribution in [2.75, 3.05) is 0 Å². The van der Waals surface area contributed by atoms with Gasteiger partial charge in [-0.05, 0) is 6.92 Å². The quantitative estimate of drug-likeness (QED) is 0.592. The zero-order valence-corrected chi connectivity index (χ0v) is 6.36. The van der Waals surface area contributed by atoms with Crippen LogP contribution < -0.4 is 0 Å². The SMILES string of the molecule is CC=CCn1ccnc1C#N. The molecule has 1 rings (SSSR count). The molecular formula is C8H9N3. The first-order chi connectivity index (χ1) is 5.38.